The van der Waals surface area contributed by atoms with Crippen molar-refractivity contribution < 1.29 is 5.11 Å². The van der Waals surface area contributed by atoms with Crippen LogP contribution in [0.4, 0.5) is 5.95 Å². The third kappa shape index (κ3) is 2.83. The highest BCUT2D eigenvalue weighted by atomic mass is 16.3. The van der Waals surface area contributed by atoms with E-state index in [0.29, 0.717) is 5.56 Å². The van der Waals surface area contributed by atoms with Gasteiger partial charge in [0.05, 0.1) is 11.2 Å². The molecule has 0 atom stereocenters. The Kier molecular flexibility index (Phi) is 3.66. The topological polar surface area (TPSA) is 103 Å². The lowest BCUT2D eigenvalue weighted by Crippen LogP contribution is -2.19. The minimum absolute atomic E-state index is 0.00309. The molecule has 2 heterocycles. The number of fused-ring (bicyclic) bond motifs is 1. The monoisotopic (exact) mass is 329 g/mol. The molecule has 7 nitrogen and oxygen atoms in total. The van der Waals surface area contributed by atoms with Crippen LogP contribution in [0.1, 0.15) is 11.1 Å². The fourth-order valence-corrected chi connectivity index (χ4v) is 2.71. The Hall–Kier alpha value is -3.61. The highest BCUT2D eigenvalue weighted by Gasteiger charge is 2.10. The third-order valence-corrected chi connectivity index (χ3v) is 3.90. The molecule has 0 aliphatic carbocycles. The molecule has 4 rings (SSSR count). The molecule has 4 aromatic rings. The van der Waals surface area contributed by atoms with Crippen LogP contribution in [0.2, 0.25) is 0 Å². The number of tetrazole rings is 1. The molecule has 0 aliphatic heterocycles. The van der Waals surface area contributed by atoms with Gasteiger partial charge in [-0.15, -0.1) is 5.10 Å². The van der Waals surface area contributed by atoms with Crippen LogP contribution in [0.25, 0.3) is 22.2 Å². The maximum Gasteiger partial charge on any atom is 0.288 e. The number of nitrogens with zero attached hydrogens (tertiary/aromatic N) is 5. The largest absolute Gasteiger partial charge is 0.858 e. The normalized spacial score (nSPS) is 11.8. The van der Waals surface area contributed by atoms with Gasteiger partial charge in [-0.3, -0.25) is 0 Å². The van der Waals surface area contributed by atoms with E-state index in [4.69, 9.17) is 4.98 Å². The Balaban J connectivity index is 1.95. The summed E-state index contributed by atoms with van der Waals surface area (Å²) in [7, 11) is 0. The Morgan fingerprint density at radius 1 is 1.08 bits per heavy atom. The van der Waals surface area contributed by atoms with Gasteiger partial charge in [0.25, 0.3) is 5.95 Å². The van der Waals surface area contributed by atoms with Crippen LogP contribution in [0.3, 0.4) is 0 Å². The molecule has 0 bridgehead atoms. The fraction of sp³-hybridized carbons (Fsp3) is 0.0556. The number of rotatable bonds is 3. The lowest BCUT2D eigenvalue weighted by atomic mass is 10.0. The zero-order chi connectivity index (χ0) is 17.2. The second-order valence-electron chi connectivity index (χ2n) is 5.52. The minimum atomic E-state index is -0.435. The van der Waals surface area contributed by atoms with E-state index in [1.54, 1.807) is 6.07 Å². The molecule has 25 heavy (non-hydrogen) atoms. The second kappa shape index (κ2) is 6.12. The van der Waals surface area contributed by atoms with Gasteiger partial charge >= 0.3 is 0 Å². The molecule has 2 aromatic heterocycles. The molecule has 0 spiro atoms. The van der Waals surface area contributed by atoms with E-state index < -0.39 is 5.90 Å². The lowest BCUT2D eigenvalue weighted by Gasteiger charge is -2.15. The summed E-state index contributed by atoms with van der Waals surface area (Å²) >= 11 is 0. The van der Waals surface area contributed by atoms with E-state index in [9.17, 15) is 5.11 Å². The van der Waals surface area contributed by atoms with Gasteiger partial charge in [0.2, 0.25) is 0 Å². The average Bonchev–Trinajstić information content (AvgIpc) is 3.14. The van der Waals surface area contributed by atoms with Crippen molar-refractivity contribution in [1.29, 1.82) is 0 Å². The number of H-pyrrole nitrogens is 1. The maximum absolute atomic E-state index is 12.7. The number of hydrogen-bond donors (Lipinski definition) is 1. The van der Waals surface area contributed by atoms with Gasteiger partial charge in [-0.2, -0.15) is 5.21 Å². The van der Waals surface area contributed by atoms with Gasteiger partial charge in [0, 0.05) is 10.9 Å². The summed E-state index contributed by atoms with van der Waals surface area (Å²) < 4.78 is 0. The number of nitrogens with one attached hydrogen (secondary N) is 1. The Morgan fingerprint density at radius 2 is 1.88 bits per heavy atom. The van der Waals surface area contributed by atoms with Crippen molar-refractivity contribution in [2.45, 2.75) is 6.92 Å². The molecule has 0 unspecified atom stereocenters. The summed E-state index contributed by atoms with van der Waals surface area (Å²) in [6.45, 7) is 2.01. The second-order valence-corrected chi connectivity index (χ2v) is 5.52. The van der Waals surface area contributed by atoms with Gasteiger partial charge in [-0.05, 0) is 41.3 Å². The van der Waals surface area contributed by atoms with E-state index in [0.717, 1.165) is 27.7 Å². The number of aromatic amines is 1. The van der Waals surface area contributed by atoms with E-state index in [2.05, 4.69) is 25.6 Å². The van der Waals surface area contributed by atoms with Gasteiger partial charge in [0.15, 0.2) is 0 Å². The predicted octanol–water partition coefficient (Wildman–Crippen LogP) is 2.16. The molecule has 0 saturated heterocycles. The van der Waals surface area contributed by atoms with Gasteiger partial charge < -0.3 is 5.11 Å². The average molecular weight is 329 g/mol. The smallest absolute Gasteiger partial charge is 0.288 e. The van der Waals surface area contributed by atoms with Crippen LogP contribution in [0, 0.1) is 6.92 Å². The predicted molar refractivity (Wildman–Crippen MR) is 92.3 cm³/mol. The highest BCUT2D eigenvalue weighted by Crippen LogP contribution is 2.27. The van der Waals surface area contributed by atoms with Crippen LogP contribution < -0.4 is 5.11 Å². The fourth-order valence-electron chi connectivity index (χ4n) is 2.71. The number of hydrogen-bond acceptors (Lipinski definition) is 6. The van der Waals surface area contributed by atoms with Crippen LogP contribution in [0.15, 0.2) is 59.6 Å². The van der Waals surface area contributed by atoms with Crippen molar-refractivity contribution in [2.75, 3.05) is 0 Å². The molecule has 0 amide bonds. The van der Waals surface area contributed by atoms with Crippen LogP contribution in [0.5, 0.6) is 0 Å². The molecule has 2 aromatic carbocycles. The number of para-hydroxylation sites is 1. The van der Waals surface area contributed by atoms with E-state index in [1.165, 1.54) is 0 Å². The quantitative estimate of drug-likeness (QED) is 0.458. The van der Waals surface area contributed by atoms with Crippen LogP contribution in [-0.2, 0) is 0 Å². The molecular formula is C18H13N6O-. The van der Waals surface area contributed by atoms with Crippen molar-refractivity contribution in [3.8, 4) is 11.3 Å². The standard InChI is InChI=1S/C18H14N6O/c1-11-6-2-3-7-12(11)16-10-14(13-8-4-5-9-15(13)19-16)17(25)20-18-21-23-24-22-18/h2-10H,1H3,(H2,20,21,22,23,24,25)/p-1. The van der Waals surface area contributed by atoms with E-state index in [1.807, 2.05) is 55.5 Å². The number of benzene rings is 2. The van der Waals surface area contributed by atoms with E-state index in [-0.39, 0.29) is 5.95 Å². The summed E-state index contributed by atoms with van der Waals surface area (Å²) in [5.74, 6) is -0.432. The number of aliphatic imine (C=N–C) groups is 1. The van der Waals surface area contributed by atoms with Gasteiger partial charge in [0.1, 0.15) is 0 Å². The van der Waals surface area contributed by atoms with Gasteiger partial charge in [-0.1, -0.05) is 47.6 Å². The maximum atomic E-state index is 12.7. The molecule has 0 fully saturated rings. The molecular weight excluding hydrogens is 316 g/mol. The van der Waals surface area contributed by atoms with E-state index >= 15 is 0 Å². The first kappa shape index (κ1) is 14.9. The lowest BCUT2D eigenvalue weighted by molar-refractivity contribution is -0.212. The van der Waals surface area contributed by atoms with Crippen LogP contribution in [-0.4, -0.2) is 31.5 Å². The van der Waals surface area contributed by atoms with Crippen molar-refractivity contribution in [3.05, 3.63) is 65.7 Å². The molecule has 0 saturated carbocycles. The SMILES string of the molecule is Cc1ccccc1-c1cc(C([O-])=Nc2nn[nH]n2)c2ccccc2n1. The molecule has 122 valence electrons. The summed E-state index contributed by atoms with van der Waals surface area (Å²) in [4.78, 5) is 8.62. The molecule has 7 heteroatoms. The first-order valence-electron chi connectivity index (χ1n) is 7.68. The summed E-state index contributed by atoms with van der Waals surface area (Å²) in [5, 5.41) is 26.5. The van der Waals surface area contributed by atoms with Crippen molar-refractivity contribution in [3.63, 3.8) is 0 Å². The summed E-state index contributed by atoms with van der Waals surface area (Å²) in [6, 6.07) is 17.2. The number of pyridine rings is 1. The first-order valence-corrected chi connectivity index (χ1v) is 7.68. The molecule has 1 N–H and O–H groups in total. The molecule has 0 aliphatic rings. The zero-order valence-corrected chi connectivity index (χ0v) is 13.3. The van der Waals surface area contributed by atoms with Crippen LogP contribution >= 0.6 is 0 Å². The molecule has 0 radical (unpaired) electrons. The highest BCUT2D eigenvalue weighted by molar-refractivity contribution is 6.05. The van der Waals surface area contributed by atoms with Crippen molar-refractivity contribution in [2.24, 2.45) is 4.99 Å². The van der Waals surface area contributed by atoms with Gasteiger partial charge in [-0.25, -0.2) is 9.98 Å². The Morgan fingerprint density at radius 3 is 2.68 bits per heavy atom. The Bertz CT molecular complexity index is 1070. The van der Waals surface area contributed by atoms with Crippen molar-refractivity contribution >= 4 is 22.7 Å². The minimum Gasteiger partial charge on any atom is -0.858 e. The summed E-state index contributed by atoms with van der Waals surface area (Å²) in [6.07, 6.45) is 0. The zero-order valence-electron chi connectivity index (χ0n) is 13.3. The number of aryl methyl sites for hydroxylation is 1. The number of aromatic nitrogens is 5. The third-order valence-electron chi connectivity index (χ3n) is 3.90. The first-order chi connectivity index (χ1) is 12.2. The summed E-state index contributed by atoms with van der Waals surface area (Å²) in [5.41, 5.74) is 3.97. The van der Waals surface area contributed by atoms with Crippen molar-refractivity contribution in [1.82, 2.24) is 25.6 Å². The Labute approximate surface area is 143 Å².